The molecule has 2 N–H and O–H groups in total. The van der Waals surface area contributed by atoms with Crippen LogP contribution < -0.4 is 10.6 Å². The maximum absolute atomic E-state index is 12.9. The van der Waals surface area contributed by atoms with Gasteiger partial charge in [-0.3, -0.25) is 14.4 Å². The molecule has 0 atom stereocenters. The van der Waals surface area contributed by atoms with Crippen molar-refractivity contribution in [2.75, 3.05) is 17.2 Å². The standard InChI is InChI=1S/C24H22N2O4/c1-2-30-22(27)16-18-12-6-8-14-20(18)25-24(29)19-13-7-9-15-21(19)26-23(28)17-10-4-3-5-11-17/h3-15H,2,16H2,1H3,(H,25,29)(H,26,28). The highest BCUT2D eigenvalue weighted by Gasteiger charge is 2.16. The van der Waals surface area contributed by atoms with Crippen LogP contribution in [0.1, 0.15) is 33.2 Å². The molecule has 3 aromatic carbocycles. The predicted octanol–water partition coefficient (Wildman–Crippen LogP) is 4.30. The fourth-order valence-corrected chi connectivity index (χ4v) is 2.93. The first-order chi connectivity index (χ1) is 14.6. The number of carbonyl (C=O) groups is 3. The van der Waals surface area contributed by atoms with E-state index in [0.717, 1.165) is 0 Å². The molecule has 0 fully saturated rings. The molecule has 6 nitrogen and oxygen atoms in total. The van der Waals surface area contributed by atoms with E-state index in [4.69, 9.17) is 4.74 Å². The Morgan fingerprint density at radius 3 is 2.07 bits per heavy atom. The van der Waals surface area contributed by atoms with Crippen molar-refractivity contribution in [3.8, 4) is 0 Å². The minimum absolute atomic E-state index is 0.0523. The molecule has 0 saturated heterocycles. The van der Waals surface area contributed by atoms with E-state index in [1.807, 2.05) is 6.07 Å². The Bertz CT molecular complexity index is 1050. The van der Waals surface area contributed by atoms with Gasteiger partial charge in [-0.25, -0.2) is 0 Å². The molecule has 0 aliphatic rings. The number of anilines is 2. The number of esters is 1. The van der Waals surface area contributed by atoms with E-state index in [1.54, 1.807) is 79.7 Å². The van der Waals surface area contributed by atoms with Crippen LogP contribution >= 0.6 is 0 Å². The maximum Gasteiger partial charge on any atom is 0.310 e. The number of hydrogen-bond acceptors (Lipinski definition) is 4. The smallest absolute Gasteiger partial charge is 0.310 e. The second kappa shape index (κ2) is 10.0. The number of benzene rings is 3. The summed E-state index contributed by atoms with van der Waals surface area (Å²) in [5.41, 5.74) is 2.36. The molecule has 2 amide bonds. The lowest BCUT2D eigenvalue weighted by Gasteiger charge is -2.14. The van der Waals surface area contributed by atoms with Crippen LogP contribution in [0.25, 0.3) is 0 Å². The van der Waals surface area contributed by atoms with E-state index < -0.39 is 5.91 Å². The molecule has 0 saturated carbocycles. The van der Waals surface area contributed by atoms with Crippen molar-refractivity contribution >= 4 is 29.2 Å². The van der Waals surface area contributed by atoms with Crippen LogP contribution in [0, 0.1) is 0 Å². The third-order valence-electron chi connectivity index (χ3n) is 4.36. The third kappa shape index (κ3) is 5.32. The molecule has 0 spiro atoms. The number of nitrogens with one attached hydrogen (secondary N) is 2. The van der Waals surface area contributed by atoms with Gasteiger partial charge in [-0.15, -0.1) is 0 Å². The molecule has 0 radical (unpaired) electrons. The lowest BCUT2D eigenvalue weighted by Crippen LogP contribution is -2.19. The van der Waals surface area contributed by atoms with Crippen molar-refractivity contribution in [1.82, 2.24) is 0 Å². The van der Waals surface area contributed by atoms with E-state index in [1.165, 1.54) is 0 Å². The van der Waals surface area contributed by atoms with Gasteiger partial charge in [-0.1, -0.05) is 48.5 Å². The summed E-state index contributed by atoms with van der Waals surface area (Å²) in [7, 11) is 0. The van der Waals surface area contributed by atoms with Crippen molar-refractivity contribution in [2.45, 2.75) is 13.3 Å². The lowest BCUT2D eigenvalue weighted by atomic mass is 10.1. The Morgan fingerprint density at radius 1 is 0.733 bits per heavy atom. The predicted molar refractivity (Wildman–Crippen MR) is 116 cm³/mol. The fraction of sp³-hybridized carbons (Fsp3) is 0.125. The minimum Gasteiger partial charge on any atom is -0.466 e. The molecule has 0 aromatic heterocycles. The molecule has 0 aliphatic carbocycles. The first-order valence-electron chi connectivity index (χ1n) is 9.58. The zero-order valence-electron chi connectivity index (χ0n) is 16.6. The fourth-order valence-electron chi connectivity index (χ4n) is 2.93. The van der Waals surface area contributed by atoms with Gasteiger partial charge in [-0.05, 0) is 42.8 Å². The minimum atomic E-state index is -0.393. The lowest BCUT2D eigenvalue weighted by molar-refractivity contribution is -0.142. The molecule has 3 aromatic rings. The second-order valence-corrected chi connectivity index (χ2v) is 6.46. The van der Waals surface area contributed by atoms with Gasteiger partial charge in [0, 0.05) is 11.3 Å². The van der Waals surface area contributed by atoms with E-state index in [0.29, 0.717) is 34.7 Å². The topological polar surface area (TPSA) is 84.5 Å². The summed E-state index contributed by atoms with van der Waals surface area (Å²) in [4.78, 5) is 37.3. The van der Waals surface area contributed by atoms with E-state index in [2.05, 4.69) is 10.6 Å². The van der Waals surface area contributed by atoms with Crippen molar-refractivity contribution in [3.05, 3.63) is 95.6 Å². The number of amides is 2. The number of hydrogen-bond donors (Lipinski definition) is 2. The largest absolute Gasteiger partial charge is 0.466 e. The normalized spacial score (nSPS) is 10.2. The van der Waals surface area contributed by atoms with Crippen LogP contribution in [0.3, 0.4) is 0 Å². The van der Waals surface area contributed by atoms with Crippen LogP contribution in [-0.2, 0) is 16.0 Å². The molecule has 30 heavy (non-hydrogen) atoms. The monoisotopic (exact) mass is 402 g/mol. The van der Waals surface area contributed by atoms with Crippen molar-refractivity contribution in [3.63, 3.8) is 0 Å². The number of rotatable bonds is 7. The summed E-state index contributed by atoms with van der Waals surface area (Å²) in [5.74, 6) is -1.07. The van der Waals surface area contributed by atoms with Gasteiger partial charge >= 0.3 is 5.97 Å². The Labute approximate surface area is 174 Å². The first kappa shape index (κ1) is 20.8. The van der Waals surface area contributed by atoms with Crippen molar-refractivity contribution < 1.29 is 19.1 Å². The summed E-state index contributed by atoms with van der Waals surface area (Å²) in [6.07, 6.45) is 0.0523. The van der Waals surface area contributed by atoms with Gasteiger partial charge in [0.25, 0.3) is 11.8 Å². The Morgan fingerprint density at radius 2 is 1.33 bits per heavy atom. The van der Waals surface area contributed by atoms with Crippen LogP contribution in [0.15, 0.2) is 78.9 Å². The highest BCUT2D eigenvalue weighted by Crippen LogP contribution is 2.21. The molecule has 152 valence electrons. The maximum atomic E-state index is 12.9. The van der Waals surface area contributed by atoms with Crippen LogP contribution in [-0.4, -0.2) is 24.4 Å². The van der Waals surface area contributed by atoms with Crippen LogP contribution in [0.4, 0.5) is 11.4 Å². The van der Waals surface area contributed by atoms with Crippen LogP contribution in [0.5, 0.6) is 0 Å². The van der Waals surface area contributed by atoms with Gasteiger partial charge < -0.3 is 15.4 Å². The molecular formula is C24H22N2O4. The summed E-state index contributed by atoms with van der Waals surface area (Å²) < 4.78 is 5.00. The van der Waals surface area contributed by atoms with Gasteiger partial charge in [-0.2, -0.15) is 0 Å². The molecule has 3 rings (SSSR count). The summed E-state index contributed by atoms with van der Waals surface area (Å²) in [6, 6.07) is 22.6. The van der Waals surface area contributed by atoms with Gasteiger partial charge in [0.15, 0.2) is 0 Å². The molecule has 0 aliphatic heterocycles. The zero-order valence-corrected chi connectivity index (χ0v) is 16.6. The van der Waals surface area contributed by atoms with E-state index in [9.17, 15) is 14.4 Å². The third-order valence-corrected chi connectivity index (χ3v) is 4.36. The molecule has 6 heteroatoms. The molecule has 0 unspecified atom stereocenters. The van der Waals surface area contributed by atoms with E-state index in [-0.39, 0.29) is 18.3 Å². The molecule has 0 heterocycles. The quantitative estimate of drug-likeness (QED) is 0.577. The Hall–Kier alpha value is -3.93. The molecular weight excluding hydrogens is 380 g/mol. The summed E-state index contributed by atoms with van der Waals surface area (Å²) in [6.45, 7) is 2.04. The summed E-state index contributed by atoms with van der Waals surface area (Å²) in [5, 5.41) is 5.61. The summed E-state index contributed by atoms with van der Waals surface area (Å²) >= 11 is 0. The highest BCUT2D eigenvalue weighted by atomic mass is 16.5. The van der Waals surface area contributed by atoms with Crippen molar-refractivity contribution in [2.24, 2.45) is 0 Å². The average Bonchev–Trinajstić information content (AvgIpc) is 2.76. The van der Waals surface area contributed by atoms with Crippen LogP contribution in [0.2, 0.25) is 0 Å². The first-order valence-corrected chi connectivity index (χ1v) is 9.58. The van der Waals surface area contributed by atoms with Crippen molar-refractivity contribution in [1.29, 1.82) is 0 Å². The number of carbonyl (C=O) groups excluding carboxylic acids is 3. The number of para-hydroxylation sites is 2. The average molecular weight is 402 g/mol. The zero-order chi connectivity index (χ0) is 21.3. The number of ether oxygens (including phenoxy) is 1. The van der Waals surface area contributed by atoms with Gasteiger partial charge in [0.2, 0.25) is 0 Å². The van der Waals surface area contributed by atoms with Gasteiger partial charge in [0.1, 0.15) is 0 Å². The SMILES string of the molecule is CCOC(=O)Cc1ccccc1NC(=O)c1ccccc1NC(=O)c1ccccc1. The van der Waals surface area contributed by atoms with Gasteiger partial charge in [0.05, 0.1) is 24.3 Å². The Balaban J connectivity index is 1.79. The Kier molecular flexibility index (Phi) is 6.95. The highest BCUT2D eigenvalue weighted by molar-refractivity contribution is 6.12. The second-order valence-electron chi connectivity index (χ2n) is 6.46. The van der Waals surface area contributed by atoms with E-state index >= 15 is 0 Å². The molecule has 0 bridgehead atoms.